The zero-order valence-corrected chi connectivity index (χ0v) is 8.63. The molecule has 4 N–H and O–H groups in total. The summed E-state index contributed by atoms with van der Waals surface area (Å²) in [5, 5.41) is 12.4. The van der Waals surface area contributed by atoms with Gasteiger partial charge in [-0.2, -0.15) is 0 Å². The van der Waals surface area contributed by atoms with Gasteiger partial charge in [0.2, 0.25) is 0 Å². The summed E-state index contributed by atoms with van der Waals surface area (Å²) in [4.78, 5) is 3.54. The molecule has 88 valence electrons. The van der Waals surface area contributed by atoms with E-state index in [1.807, 2.05) is 0 Å². The molecule has 0 saturated heterocycles. The minimum atomic E-state index is -0.884. The molecule has 2 rings (SSSR count). The Bertz CT molecular complexity index is 407. The molecule has 1 saturated carbocycles. The van der Waals surface area contributed by atoms with Crippen LogP contribution >= 0.6 is 0 Å². The highest BCUT2D eigenvalue weighted by Crippen LogP contribution is 2.31. The Labute approximate surface area is 91.5 Å². The number of nitrogen functional groups attached to an aromatic ring is 1. The standard InChI is InChI=1S/C10H13F2N3O/c11-6-4-7(12)9(15-8(6)13)14-5-10(16)2-1-3-10/h4,16H,1-3,5H2,(H3,13,14,15). The van der Waals surface area contributed by atoms with Crippen molar-refractivity contribution in [2.75, 3.05) is 17.6 Å². The molecule has 4 nitrogen and oxygen atoms in total. The van der Waals surface area contributed by atoms with Crippen LogP contribution in [0.25, 0.3) is 0 Å². The number of anilines is 2. The highest BCUT2D eigenvalue weighted by molar-refractivity contribution is 5.45. The van der Waals surface area contributed by atoms with Crippen molar-refractivity contribution in [2.45, 2.75) is 24.9 Å². The number of nitrogens with two attached hydrogens (primary N) is 1. The molecule has 1 aromatic rings. The Kier molecular flexibility index (Phi) is 2.67. The van der Waals surface area contributed by atoms with Crippen LogP contribution in [-0.4, -0.2) is 22.2 Å². The van der Waals surface area contributed by atoms with Crippen LogP contribution in [0.1, 0.15) is 19.3 Å². The number of aromatic nitrogens is 1. The molecule has 1 aromatic heterocycles. The average molecular weight is 229 g/mol. The Morgan fingerprint density at radius 2 is 2.12 bits per heavy atom. The van der Waals surface area contributed by atoms with Crippen molar-refractivity contribution >= 4 is 11.6 Å². The molecule has 0 aliphatic heterocycles. The van der Waals surface area contributed by atoms with Crippen LogP contribution in [0.2, 0.25) is 0 Å². The van der Waals surface area contributed by atoms with Gasteiger partial charge in [-0.15, -0.1) is 0 Å². The summed E-state index contributed by atoms with van der Waals surface area (Å²) < 4.78 is 26.0. The van der Waals surface area contributed by atoms with Gasteiger partial charge in [0.15, 0.2) is 23.3 Å². The summed E-state index contributed by atoms with van der Waals surface area (Å²) in [5.74, 6) is -2.18. The third-order valence-corrected chi connectivity index (χ3v) is 2.83. The SMILES string of the molecule is Nc1nc(NCC2(O)CCC2)c(F)cc1F. The van der Waals surface area contributed by atoms with E-state index in [-0.39, 0.29) is 18.2 Å². The van der Waals surface area contributed by atoms with Crippen molar-refractivity contribution in [3.8, 4) is 0 Å². The summed E-state index contributed by atoms with van der Waals surface area (Å²) in [6, 6.07) is 0.676. The van der Waals surface area contributed by atoms with Gasteiger partial charge in [-0.3, -0.25) is 0 Å². The van der Waals surface area contributed by atoms with Gasteiger partial charge in [-0.05, 0) is 19.3 Å². The average Bonchev–Trinajstić information content (AvgIpc) is 2.19. The number of hydrogen-bond acceptors (Lipinski definition) is 4. The van der Waals surface area contributed by atoms with Gasteiger partial charge in [-0.25, -0.2) is 13.8 Å². The van der Waals surface area contributed by atoms with Gasteiger partial charge < -0.3 is 16.2 Å². The van der Waals surface area contributed by atoms with E-state index in [1.165, 1.54) is 0 Å². The molecule has 1 heterocycles. The summed E-state index contributed by atoms with van der Waals surface area (Å²) in [7, 11) is 0. The van der Waals surface area contributed by atoms with E-state index in [2.05, 4.69) is 10.3 Å². The summed E-state index contributed by atoms with van der Waals surface area (Å²) in [6.45, 7) is 0.196. The number of nitrogens with zero attached hydrogens (tertiary/aromatic N) is 1. The maximum absolute atomic E-state index is 13.2. The topological polar surface area (TPSA) is 71.2 Å². The molecule has 0 aromatic carbocycles. The van der Waals surface area contributed by atoms with Gasteiger partial charge in [0, 0.05) is 12.6 Å². The van der Waals surface area contributed by atoms with Crippen LogP contribution in [0, 0.1) is 11.6 Å². The van der Waals surface area contributed by atoms with E-state index in [0.29, 0.717) is 18.9 Å². The molecule has 16 heavy (non-hydrogen) atoms. The van der Waals surface area contributed by atoms with E-state index in [4.69, 9.17) is 5.73 Å². The normalized spacial score (nSPS) is 17.9. The summed E-state index contributed by atoms with van der Waals surface area (Å²) in [5.41, 5.74) is 4.43. The number of halogens is 2. The van der Waals surface area contributed by atoms with Crippen LogP contribution in [0.4, 0.5) is 20.4 Å². The predicted octanol–water partition coefficient (Wildman–Crippen LogP) is 1.27. The second kappa shape index (κ2) is 3.86. The minimum Gasteiger partial charge on any atom is -0.388 e. The van der Waals surface area contributed by atoms with E-state index in [9.17, 15) is 13.9 Å². The zero-order valence-electron chi connectivity index (χ0n) is 8.63. The number of nitrogens with one attached hydrogen (secondary N) is 1. The molecule has 0 bridgehead atoms. The van der Waals surface area contributed by atoms with E-state index >= 15 is 0 Å². The maximum atomic E-state index is 13.2. The molecule has 0 spiro atoms. The molecule has 0 unspecified atom stereocenters. The third kappa shape index (κ3) is 2.06. The Morgan fingerprint density at radius 1 is 1.44 bits per heavy atom. The lowest BCUT2D eigenvalue weighted by Gasteiger charge is -2.36. The molecule has 0 amide bonds. The van der Waals surface area contributed by atoms with Crippen LogP contribution < -0.4 is 11.1 Å². The molecular weight excluding hydrogens is 216 g/mol. The largest absolute Gasteiger partial charge is 0.388 e. The molecule has 1 aliphatic rings. The minimum absolute atomic E-state index is 0.126. The van der Waals surface area contributed by atoms with Crippen LogP contribution in [-0.2, 0) is 0 Å². The van der Waals surface area contributed by atoms with Gasteiger partial charge in [0.1, 0.15) is 0 Å². The van der Waals surface area contributed by atoms with Crippen LogP contribution in [0.15, 0.2) is 6.07 Å². The highest BCUT2D eigenvalue weighted by atomic mass is 19.1. The van der Waals surface area contributed by atoms with E-state index in [1.54, 1.807) is 0 Å². The van der Waals surface area contributed by atoms with E-state index < -0.39 is 17.2 Å². The second-order valence-electron chi connectivity index (χ2n) is 4.12. The summed E-state index contributed by atoms with van der Waals surface area (Å²) in [6.07, 6.45) is 2.32. The first-order chi connectivity index (χ1) is 7.50. The Balaban J connectivity index is 2.06. The fourth-order valence-corrected chi connectivity index (χ4v) is 1.61. The van der Waals surface area contributed by atoms with Crippen molar-refractivity contribution < 1.29 is 13.9 Å². The lowest BCUT2D eigenvalue weighted by Crippen LogP contribution is -2.43. The van der Waals surface area contributed by atoms with Gasteiger partial charge in [0.25, 0.3) is 0 Å². The monoisotopic (exact) mass is 229 g/mol. The van der Waals surface area contributed by atoms with Crippen LogP contribution in [0.3, 0.4) is 0 Å². The van der Waals surface area contributed by atoms with Crippen molar-refractivity contribution in [2.24, 2.45) is 0 Å². The van der Waals surface area contributed by atoms with Crippen LogP contribution in [0.5, 0.6) is 0 Å². The molecule has 1 fully saturated rings. The van der Waals surface area contributed by atoms with E-state index in [0.717, 1.165) is 6.42 Å². The lowest BCUT2D eigenvalue weighted by atomic mass is 9.80. The van der Waals surface area contributed by atoms with Crippen molar-refractivity contribution in [1.82, 2.24) is 4.98 Å². The first-order valence-electron chi connectivity index (χ1n) is 5.08. The zero-order chi connectivity index (χ0) is 11.8. The first kappa shape index (κ1) is 11.1. The van der Waals surface area contributed by atoms with Gasteiger partial charge in [-0.1, -0.05) is 0 Å². The molecule has 1 aliphatic carbocycles. The Hall–Kier alpha value is -1.43. The lowest BCUT2D eigenvalue weighted by molar-refractivity contribution is -0.0203. The number of rotatable bonds is 3. The van der Waals surface area contributed by atoms with Gasteiger partial charge in [0.05, 0.1) is 5.60 Å². The third-order valence-electron chi connectivity index (χ3n) is 2.83. The second-order valence-corrected chi connectivity index (χ2v) is 4.12. The van der Waals surface area contributed by atoms with Crippen molar-refractivity contribution in [3.63, 3.8) is 0 Å². The fraction of sp³-hybridized carbons (Fsp3) is 0.500. The first-order valence-corrected chi connectivity index (χ1v) is 5.08. The number of hydrogen-bond donors (Lipinski definition) is 3. The smallest absolute Gasteiger partial charge is 0.168 e. The fourth-order valence-electron chi connectivity index (χ4n) is 1.61. The maximum Gasteiger partial charge on any atom is 0.168 e. The number of pyridine rings is 1. The van der Waals surface area contributed by atoms with Crippen molar-refractivity contribution in [1.29, 1.82) is 0 Å². The number of aliphatic hydroxyl groups is 1. The quantitative estimate of drug-likeness (QED) is 0.730. The van der Waals surface area contributed by atoms with Gasteiger partial charge >= 0.3 is 0 Å². The molecule has 0 radical (unpaired) electrons. The Morgan fingerprint density at radius 3 is 2.69 bits per heavy atom. The molecule has 6 heteroatoms. The predicted molar refractivity (Wildman–Crippen MR) is 55.9 cm³/mol. The molecular formula is C10H13F2N3O. The summed E-state index contributed by atoms with van der Waals surface area (Å²) >= 11 is 0. The van der Waals surface area contributed by atoms with Crippen molar-refractivity contribution in [3.05, 3.63) is 17.7 Å². The highest BCUT2D eigenvalue weighted by Gasteiger charge is 2.34. The molecule has 0 atom stereocenters.